The Morgan fingerprint density at radius 1 is 0.967 bits per heavy atom. The summed E-state index contributed by atoms with van der Waals surface area (Å²) < 4.78 is 6.97. The zero-order valence-corrected chi connectivity index (χ0v) is 17.1. The number of nitrogens with zero attached hydrogens (tertiary/aromatic N) is 2. The van der Waals surface area contributed by atoms with E-state index in [4.69, 9.17) is 4.74 Å². The number of hydrogen-bond acceptors (Lipinski definition) is 4. The van der Waals surface area contributed by atoms with Gasteiger partial charge in [-0.05, 0) is 43.7 Å². The molecule has 1 atom stereocenters. The van der Waals surface area contributed by atoms with Crippen LogP contribution in [0.15, 0.2) is 77.6 Å². The summed E-state index contributed by atoms with van der Waals surface area (Å²) in [6.07, 6.45) is -0.872. The number of para-hydroxylation sites is 1. The average molecular weight is 400 g/mol. The smallest absolute Gasteiger partial charge is 0.274 e. The topological polar surface area (TPSA) is 64.3 Å². The molecule has 1 heterocycles. The van der Waals surface area contributed by atoms with Crippen LogP contribution in [0.25, 0.3) is 22.0 Å². The average Bonchev–Trinajstić information content (AvgIpc) is 2.77. The maximum Gasteiger partial charge on any atom is 0.274 e. The maximum absolute atomic E-state index is 13.0. The molecule has 0 saturated heterocycles. The number of fused-ring (bicyclic) bond motifs is 1. The normalized spacial score (nSPS) is 12.1. The molecule has 0 bridgehead atoms. The molecular weight excluding hydrogens is 376 g/mol. The van der Waals surface area contributed by atoms with E-state index in [-0.39, 0.29) is 18.7 Å². The molecule has 0 saturated carbocycles. The van der Waals surface area contributed by atoms with Crippen LogP contribution in [-0.2, 0) is 6.54 Å². The van der Waals surface area contributed by atoms with Gasteiger partial charge < -0.3 is 9.84 Å². The van der Waals surface area contributed by atoms with E-state index < -0.39 is 6.10 Å². The Hall–Kier alpha value is -3.44. The molecule has 0 aliphatic carbocycles. The van der Waals surface area contributed by atoms with Gasteiger partial charge in [0.1, 0.15) is 18.5 Å². The zero-order chi connectivity index (χ0) is 21.1. The standard InChI is InChI=1S/C25H24N2O3/c1-17-12-13-18(2)23(14-17)24-21-10-6-7-11-22(21)25(29)27(26-24)15-19(28)16-30-20-8-4-3-5-9-20/h3-14,19,28H,15-16H2,1-2H3. The van der Waals surface area contributed by atoms with E-state index in [1.165, 1.54) is 4.68 Å². The first-order valence-electron chi connectivity index (χ1n) is 9.96. The maximum atomic E-state index is 13.0. The van der Waals surface area contributed by atoms with Crippen LogP contribution in [0.5, 0.6) is 5.75 Å². The van der Waals surface area contributed by atoms with Crippen molar-refractivity contribution >= 4 is 10.8 Å². The SMILES string of the molecule is Cc1ccc(C)c(-c2nn(CC(O)COc3ccccc3)c(=O)c3ccccc23)c1. The lowest BCUT2D eigenvalue weighted by atomic mass is 9.99. The summed E-state index contributed by atoms with van der Waals surface area (Å²) in [6.45, 7) is 4.19. The van der Waals surface area contributed by atoms with E-state index in [1.807, 2.05) is 62.4 Å². The van der Waals surface area contributed by atoms with Crippen molar-refractivity contribution in [1.82, 2.24) is 9.78 Å². The molecule has 0 fully saturated rings. The van der Waals surface area contributed by atoms with E-state index in [0.717, 1.165) is 27.8 Å². The van der Waals surface area contributed by atoms with E-state index in [0.29, 0.717) is 11.1 Å². The summed E-state index contributed by atoms with van der Waals surface area (Å²) in [5.41, 5.74) is 3.70. The van der Waals surface area contributed by atoms with Crippen molar-refractivity contribution in [3.05, 3.63) is 94.3 Å². The minimum atomic E-state index is -0.872. The molecule has 4 aromatic rings. The Kier molecular flexibility index (Phi) is 5.63. The van der Waals surface area contributed by atoms with Gasteiger partial charge in [0.05, 0.1) is 17.6 Å². The van der Waals surface area contributed by atoms with Crippen molar-refractivity contribution < 1.29 is 9.84 Å². The summed E-state index contributed by atoms with van der Waals surface area (Å²) in [4.78, 5) is 13.0. The molecule has 1 unspecified atom stereocenters. The second kappa shape index (κ2) is 8.51. The molecule has 4 rings (SSSR count). The Morgan fingerprint density at radius 3 is 2.43 bits per heavy atom. The Balaban J connectivity index is 1.71. The lowest BCUT2D eigenvalue weighted by Gasteiger charge is -2.16. The highest BCUT2D eigenvalue weighted by atomic mass is 16.5. The largest absolute Gasteiger partial charge is 0.491 e. The zero-order valence-electron chi connectivity index (χ0n) is 17.1. The van der Waals surface area contributed by atoms with Gasteiger partial charge in [-0.1, -0.05) is 54.1 Å². The lowest BCUT2D eigenvalue weighted by molar-refractivity contribution is 0.0882. The first-order chi connectivity index (χ1) is 14.5. The second-order valence-corrected chi connectivity index (χ2v) is 7.48. The summed E-state index contributed by atoms with van der Waals surface area (Å²) in [7, 11) is 0. The van der Waals surface area contributed by atoms with Crippen molar-refractivity contribution in [2.24, 2.45) is 0 Å². The molecule has 5 heteroatoms. The van der Waals surface area contributed by atoms with Gasteiger partial charge in [-0.3, -0.25) is 4.79 Å². The molecule has 0 amide bonds. The van der Waals surface area contributed by atoms with Gasteiger partial charge in [0.15, 0.2) is 0 Å². The molecule has 1 N–H and O–H groups in total. The van der Waals surface area contributed by atoms with Crippen molar-refractivity contribution in [2.45, 2.75) is 26.5 Å². The van der Waals surface area contributed by atoms with Crippen LogP contribution < -0.4 is 10.3 Å². The van der Waals surface area contributed by atoms with Gasteiger partial charge >= 0.3 is 0 Å². The third-order valence-corrected chi connectivity index (χ3v) is 5.09. The van der Waals surface area contributed by atoms with Crippen molar-refractivity contribution in [1.29, 1.82) is 0 Å². The van der Waals surface area contributed by atoms with Crippen molar-refractivity contribution in [3.8, 4) is 17.0 Å². The number of benzene rings is 3. The lowest BCUT2D eigenvalue weighted by Crippen LogP contribution is -2.32. The van der Waals surface area contributed by atoms with Gasteiger partial charge in [-0.2, -0.15) is 5.10 Å². The highest BCUT2D eigenvalue weighted by Crippen LogP contribution is 2.28. The molecule has 30 heavy (non-hydrogen) atoms. The first-order valence-corrected chi connectivity index (χ1v) is 9.96. The number of aliphatic hydroxyl groups is 1. The molecule has 0 radical (unpaired) electrons. The van der Waals surface area contributed by atoms with E-state index in [1.54, 1.807) is 6.07 Å². The van der Waals surface area contributed by atoms with Gasteiger partial charge in [0.25, 0.3) is 5.56 Å². The summed E-state index contributed by atoms with van der Waals surface area (Å²) in [6, 6.07) is 22.9. The van der Waals surface area contributed by atoms with Crippen LogP contribution in [0.4, 0.5) is 0 Å². The predicted molar refractivity (Wildman–Crippen MR) is 119 cm³/mol. The van der Waals surface area contributed by atoms with Crippen LogP contribution in [-0.4, -0.2) is 27.6 Å². The summed E-state index contributed by atoms with van der Waals surface area (Å²) >= 11 is 0. The summed E-state index contributed by atoms with van der Waals surface area (Å²) in [5.74, 6) is 0.673. The van der Waals surface area contributed by atoms with Crippen LogP contribution in [0.2, 0.25) is 0 Å². The van der Waals surface area contributed by atoms with Gasteiger partial charge in [0.2, 0.25) is 0 Å². The first kappa shape index (κ1) is 19.9. The van der Waals surface area contributed by atoms with Gasteiger partial charge in [-0.25, -0.2) is 4.68 Å². The van der Waals surface area contributed by atoms with Crippen LogP contribution >= 0.6 is 0 Å². The molecule has 3 aromatic carbocycles. The van der Waals surface area contributed by atoms with Crippen LogP contribution in [0.3, 0.4) is 0 Å². The van der Waals surface area contributed by atoms with Gasteiger partial charge in [-0.15, -0.1) is 0 Å². The molecule has 152 valence electrons. The van der Waals surface area contributed by atoms with Crippen LogP contribution in [0, 0.1) is 13.8 Å². The quantitative estimate of drug-likeness (QED) is 0.529. The molecule has 5 nitrogen and oxygen atoms in total. The molecule has 0 aliphatic heterocycles. The van der Waals surface area contributed by atoms with Crippen molar-refractivity contribution in [2.75, 3.05) is 6.61 Å². The predicted octanol–water partition coefficient (Wildman–Crippen LogP) is 4.12. The number of rotatable bonds is 6. The monoisotopic (exact) mass is 400 g/mol. The van der Waals surface area contributed by atoms with E-state index in [2.05, 4.69) is 23.3 Å². The number of hydrogen-bond donors (Lipinski definition) is 1. The Morgan fingerprint density at radius 2 is 1.67 bits per heavy atom. The van der Waals surface area contributed by atoms with Gasteiger partial charge in [0, 0.05) is 10.9 Å². The fourth-order valence-corrected chi connectivity index (χ4v) is 3.51. The van der Waals surface area contributed by atoms with Crippen LogP contribution in [0.1, 0.15) is 11.1 Å². The Bertz CT molecular complexity index is 1230. The third kappa shape index (κ3) is 4.11. The van der Waals surface area contributed by atoms with E-state index >= 15 is 0 Å². The molecular formula is C25H24N2O3. The van der Waals surface area contributed by atoms with Crippen molar-refractivity contribution in [3.63, 3.8) is 0 Å². The fourth-order valence-electron chi connectivity index (χ4n) is 3.51. The second-order valence-electron chi connectivity index (χ2n) is 7.48. The minimum Gasteiger partial charge on any atom is -0.491 e. The number of aliphatic hydroxyl groups excluding tert-OH is 1. The summed E-state index contributed by atoms with van der Waals surface area (Å²) in [5, 5.41) is 16.5. The highest BCUT2D eigenvalue weighted by Gasteiger charge is 2.16. The Labute approximate surface area is 175 Å². The van der Waals surface area contributed by atoms with E-state index in [9.17, 15) is 9.90 Å². The number of aromatic nitrogens is 2. The highest BCUT2D eigenvalue weighted by molar-refractivity contribution is 5.94. The molecule has 0 aliphatic rings. The minimum absolute atomic E-state index is 0.0500. The molecule has 1 aromatic heterocycles. The molecule has 0 spiro atoms. The number of aryl methyl sites for hydroxylation is 2. The number of ether oxygens (including phenoxy) is 1. The third-order valence-electron chi connectivity index (χ3n) is 5.09. The fraction of sp³-hybridized carbons (Fsp3) is 0.200.